The molecular formula is C26H25N. The second kappa shape index (κ2) is 7.28. The summed E-state index contributed by atoms with van der Waals surface area (Å²) in [5.41, 5.74) is 6.27. The van der Waals surface area contributed by atoms with Crippen LogP contribution in [0.3, 0.4) is 0 Å². The standard InChI is InChI=1S/C26H25N/c1-19(2)27(23-15-11-20(3)12-16-23)24-17-13-22(14-18-24)26-10-6-8-21-7-4-5-9-25(21)26/h4-19H,1-3H3. The van der Waals surface area contributed by atoms with Crippen LogP contribution in [0.1, 0.15) is 19.4 Å². The Kier molecular flexibility index (Phi) is 4.68. The normalized spacial score (nSPS) is 11.1. The molecule has 1 heteroatoms. The van der Waals surface area contributed by atoms with Gasteiger partial charge in [0.2, 0.25) is 0 Å². The summed E-state index contributed by atoms with van der Waals surface area (Å²) in [6.07, 6.45) is 0. The van der Waals surface area contributed by atoms with E-state index in [0.29, 0.717) is 6.04 Å². The van der Waals surface area contributed by atoms with Crippen molar-refractivity contribution in [2.75, 3.05) is 4.90 Å². The molecule has 4 aromatic carbocycles. The topological polar surface area (TPSA) is 3.24 Å². The molecule has 0 spiro atoms. The highest BCUT2D eigenvalue weighted by atomic mass is 15.2. The lowest BCUT2D eigenvalue weighted by atomic mass is 9.98. The number of hydrogen-bond donors (Lipinski definition) is 0. The minimum Gasteiger partial charge on any atom is -0.339 e. The Hall–Kier alpha value is -3.06. The summed E-state index contributed by atoms with van der Waals surface area (Å²) in [6, 6.07) is 33.2. The average Bonchev–Trinajstić information content (AvgIpc) is 2.69. The second-order valence-corrected chi connectivity index (χ2v) is 7.37. The van der Waals surface area contributed by atoms with Crippen molar-refractivity contribution >= 4 is 22.1 Å². The number of nitrogens with zero attached hydrogens (tertiary/aromatic N) is 1. The Bertz CT molecular complexity index is 1040. The van der Waals surface area contributed by atoms with Crippen LogP contribution in [0, 0.1) is 6.92 Å². The second-order valence-electron chi connectivity index (χ2n) is 7.37. The molecule has 0 aromatic heterocycles. The van der Waals surface area contributed by atoms with Gasteiger partial charge < -0.3 is 4.90 Å². The van der Waals surface area contributed by atoms with Crippen LogP contribution in [-0.2, 0) is 0 Å². The van der Waals surface area contributed by atoms with E-state index in [0.717, 1.165) is 0 Å². The molecule has 0 amide bonds. The first kappa shape index (κ1) is 17.4. The zero-order valence-electron chi connectivity index (χ0n) is 16.2. The van der Waals surface area contributed by atoms with E-state index in [1.165, 1.54) is 38.8 Å². The van der Waals surface area contributed by atoms with Gasteiger partial charge in [0.15, 0.2) is 0 Å². The van der Waals surface area contributed by atoms with E-state index in [9.17, 15) is 0 Å². The molecule has 0 bridgehead atoms. The minimum absolute atomic E-state index is 0.385. The molecule has 0 unspecified atom stereocenters. The van der Waals surface area contributed by atoms with Gasteiger partial charge >= 0.3 is 0 Å². The van der Waals surface area contributed by atoms with Crippen molar-refractivity contribution < 1.29 is 0 Å². The highest BCUT2D eigenvalue weighted by Crippen LogP contribution is 2.33. The summed E-state index contributed by atoms with van der Waals surface area (Å²) in [5.74, 6) is 0. The quantitative estimate of drug-likeness (QED) is 0.371. The maximum absolute atomic E-state index is 2.38. The molecule has 0 aliphatic carbocycles. The number of anilines is 2. The number of rotatable bonds is 4. The molecule has 134 valence electrons. The van der Waals surface area contributed by atoms with Crippen LogP contribution in [0.15, 0.2) is 91.0 Å². The lowest BCUT2D eigenvalue weighted by molar-refractivity contribution is 0.789. The summed E-state index contributed by atoms with van der Waals surface area (Å²) in [5, 5.41) is 2.58. The SMILES string of the molecule is Cc1ccc(N(c2ccc(-c3cccc4ccccc34)cc2)C(C)C)cc1. The van der Waals surface area contributed by atoms with E-state index in [-0.39, 0.29) is 0 Å². The van der Waals surface area contributed by atoms with Gasteiger partial charge in [0.25, 0.3) is 0 Å². The third-order valence-corrected chi connectivity index (χ3v) is 5.07. The van der Waals surface area contributed by atoms with Gasteiger partial charge in [-0.25, -0.2) is 0 Å². The Morgan fingerprint density at radius 3 is 1.89 bits per heavy atom. The van der Waals surface area contributed by atoms with Gasteiger partial charge in [-0.3, -0.25) is 0 Å². The van der Waals surface area contributed by atoms with Crippen molar-refractivity contribution in [3.8, 4) is 11.1 Å². The maximum atomic E-state index is 2.38. The van der Waals surface area contributed by atoms with Crippen LogP contribution in [0.25, 0.3) is 21.9 Å². The van der Waals surface area contributed by atoms with E-state index >= 15 is 0 Å². The van der Waals surface area contributed by atoms with E-state index in [1.54, 1.807) is 0 Å². The van der Waals surface area contributed by atoms with Gasteiger partial charge in [0.05, 0.1) is 0 Å². The Labute approximate surface area is 161 Å². The van der Waals surface area contributed by atoms with Crippen molar-refractivity contribution in [3.63, 3.8) is 0 Å². The van der Waals surface area contributed by atoms with E-state index in [4.69, 9.17) is 0 Å². The fourth-order valence-electron chi connectivity index (χ4n) is 3.73. The number of hydrogen-bond acceptors (Lipinski definition) is 1. The lowest BCUT2D eigenvalue weighted by Gasteiger charge is -2.29. The first-order valence-corrected chi connectivity index (χ1v) is 9.57. The third kappa shape index (κ3) is 3.46. The number of fused-ring (bicyclic) bond motifs is 1. The van der Waals surface area contributed by atoms with Gasteiger partial charge in [-0.2, -0.15) is 0 Å². The first-order chi connectivity index (χ1) is 13.1. The molecule has 0 aliphatic rings. The fourth-order valence-corrected chi connectivity index (χ4v) is 3.73. The highest BCUT2D eigenvalue weighted by Gasteiger charge is 2.13. The van der Waals surface area contributed by atoms with Gasteiger partial charge in [-0.1, -0.05) is 72.3 Å². The van der Waals surface area contributed by atoms with Crippen LogP contribution in [0.5, 0.6) is 0 Å². The minimum atomic E-state index is 0.385. The van der Waals surface area contributed by atoms with E-state index in [2.05, 4.69) is 117 Å². The van der Waals surface area contributed by atoms with Crippen molar-refractivity contribution in [2.45, 2.75) is 26.8 Å². The van der Waals surface area contributed by atoms with Crippen LogP contribution < -0.4 is 4.90 Å². The van der Waals surface area contributed by atoms with E-state index in [1.807, 2.05) is 0 Å². The molecule has 0 heterocycles. The Morgan fingerprint density at radius 2 is 1.22 bits per heavy atom. The molecule has 0 atom stereocenters. The first-order valence-electron chi connectivity index (χ1n) is 9.57. The van der Waals surface area contributed by atoms with Gasteiger partial charge in [-0.15, -0.1) is 0 Å². The summed E-state index contributed by atoms with van der Waals surface area (Å²) in [6.45, 7) is 6.60. The van der Waals surface area contributed by atoms with Crippen LogP contribution >= 0.6 is 0 Å². The predicted octanol–water partition coefficient (Wildman–Crippen LogP) is 7.36. The number of benzene rings is 4. The van der Waals surface area contributed by atoms with E-state index < -0.39 is 0 Å². The average molecular weight is 351 g/mol. The largest absolute Gasteiger partial charge is 0.339 e. The monoisotopic (exact) mass is 351 g/mol. The summed E-state index contributed by atoms with van der Waals surface area (Å²) in [4.78, 5) is 2.38. The van der Waals surface area contributed by atoms with Gasteiger partial charge in [0, 0.05) is 17.4 Å². The summed E-state index contributed by atoms with van der Waals surface area (Å²) in [7, 11) is 0. The molecule has 0 N–H and O–H groups in total. The van der Waals surface area contributed by atoms with Crippen LogP contribution in [-0.4, -0.2) is 6.04 Å². The molecule has 4 aromatic rings. The molecule has 0 fully saturated rings. The fraction of sp³-hybridized carbons (Fsp3) is 0.154. The highest BCUT2D eigenvalue weighted by molar-refractivity contribution is 5.96. The van der Waals surface area contributed by atoms with Gasteiger partial charge in [0.1, 0.15) is 0 Å². The molecular weight excluding hydrogens is 326 g/mol. The third-order valence-electron chi connectivity index (χ3n) is 5.07. The molecule has 0 saturated carbocycles. The smallest absolute Gasteiger partial charge is 0.0413 e. The molecule has 0 aliphatic heterocycles. The van der Waals surface area contributed by atoms with Crippen molar-refractivity contribution in [2.24, 2.45) is 0 Å². The Balaban J connectivity index is 1.73. The lowest BCUT2D eigenvalue weighted by Crippen LogP contribution is -2.25. The zero-order valence-corrected chi connectivity index (χ0v) is 16.2. The van der Waals surface area contributed by atoms with Gasteiger partial charge in [-0.05, 0) is 66.9 Å². The zero-order chi connectivity index (χ0) is 18.8. The van der Waals surface area contributed by atoms with Crippen LogP contribution in [0.2, 0.25) is 0 Å². The van der Waals surface area contributed by atoms with Crippen molar-refractivity contribution in [1.82, 2.24) is 0 Å². The van der Waals surface area contributed by atoms with Crippen molar-refractivity contribution in [1.29, 1.82) is 0 Å². The molecule has 1 nitrogen and oxygen atoms in total. The summed E-state index contributed by atoms with van der Waals surface area (Å²) < 4.78 is 0. The molecule has 27 heavy (non-hydrogen) atoms. The molecule has 0 saturated heterocycles. The number of aryl methyl sites for hydroxylation is 1. The van der Waals surface area contributed by atoms with Crippen LogP contribution in [0.4, 0.5) is 11.4 Å². The summed E-state index contributed by atoms with van der Waals surface area (Å²) >= 11 is 0. The maximum Gasteiger partial charge on any atom is 0.0413 e. The molecule has 4 rings (SSSR count). The Morgan fingerprint density at radius 1 is 0.630 bits per heavy atom. The van der Waals surface area contributed by atoms with Crippen molar-refractivity contribution in [3.05, 3.63) is 96.6 Å². The predicted molar refractivity (Wildman–Crippen MR) is 118 cm³/mol. The molecule has 0 radical (unpaired) electrons.